The second kappa shape index (κ2) is 6.05. The summed E-state index contributed by atoms with van der Waals surface area (Å²) in [6.45, 7) is 4.11. The summed E-state index contributed by atoms with van der Waals surface area (Å²) in [5, 5.41) is 1.16. The van der Waals surface area contributed by atoms with Crippen LogP contribution in [0.1, 0.15) is 44.4 Å². The average molecular weight is 366 g/mol. The Morgan fingerprint density at radius 1 is 1.50 bits per heavy atom. The molecule has 2 aromatic rings. The maximum absolute atomic E-state index is 11.6. The number of carbonyl (C=O) groups excluding carboxylic acids is 1. The van der Waals surface area contributed by atoms with Crippen LogP contribution in [0.4, 0.5) is 0 Å². The number of fused-ring (bicyclic) bond motifs is 3. The molecule has 1 unspecified atom stereocenters. The number of ether oxygens (including phenoxy) is 2. The number of rotatable bonds is 4. The molecule has 118 valence electrons. The van der Waals surface area contributed by atoms with Gasteiger partial charge in [-0.3, -0.25) is 4.79 Å². The number of nitrogens with one attached hydrogen (secondary N) is 1. The summed E-state index contributed by atoms with van der Waals surface area (Å²) in [7, 11) is 0. The van der Waals surface area contributed by atoms with Gasteiger partial charge in [0.2, 0.25) is 0 Å². The van der Waals surface area contributed by atoms with E-state index in [-0.39, 0.29) is 5.97 Å². The van der Waals surface area contributed by atoms with Gasteiger partial charge in [-0.15, -0.1) is 0 Å². The van der Waals surface area contributed by atoms with E-state index in [0.717, 1.165) is 40.3 Å². The number of hydrogen-bond donors (Lipinski definition) is 1. The van der Waals surface area contributed by atoms with Crippen LogP contribution in [0.25, 0.3) is 10.9 Å². The molecule has 4 nitrogen and oxygen atoms in total. The molecule has 2 heterocycles. The van der Waals surface area contributed by atoms with E-state index >= 15 is 0 Å². The molecule has 0 amide bonds. The Morgan fingerprint density at radius 2 is 2.32 bits per heavy atom. The van der Waals surface area contributed by atoms with Crippen LogP contribution in [-0.4, -0.2) is 17.6 Å². The Labute approximate surface area is 138 Å². The number of hydrogen-bond acceptors (Lipinski definition) is 3. The monoisotopic (exact) mass is 365 g/mol. The molecule has 1 aliphatic heterocycles. The van der Waals surface area contributed by atoms with Gasteiger partial charge in [-0.2, -0.15) is 0 Å². The van der Waals surface area contributed by atoms with E-state index in [1.54, 1.807) is 0 Å². The summed E-state index contributed by atoms with van der Waals surface area (Å²) in [5.74, 6) is -1.30. The number of unbranched alkanes of at least 4 members (excludes halogenated alkanes) is 1. The summed E-state index contributed by atoms with van der Waals surface area (Å²) in [6.07, 6.45) is 3.43. The van der Waals surface area contributed by atoms with Crippen molar-refractivity contribution < 1.29 is 14.3 Å². The maximum Gasteiger partial charge on any atom is 0.305 e. The highest BCUT2D eigenvalue weighted by Crippen LogP contribution is 2.42. The second-order valence-electron chi connectivity index (χ2n) is 5.69. The minimum absolute atomic E-state index is 0.318. The molecular formula is C17H20BrNO3. The quantitative estimate of drug-likeness (QED) is 0.816. The Balaban J connectivity index is 2.17. The van der Waals surface area contributed by atoms with Crippen LogP contribution in [0.2, 0.25) is 0 Å². The van der Waals surface area contributed by atoms with Gasteiger partial charge in [0, 0.05) is 28.7 Å². The number of esters is 1. The smallest absolute Gasteiger partial charge is 0.305 e. The molecule has 1 aliphatic rings. The fraction of sp³-hybridized carbons (Fsp3) is 0.471. The van der Waals surface area contributed by atoms with Gasteiger partial charge in [-0.1, -0.05) is 35.3 Å². The van der Waals surface area contributed by atoms with Crippen molar-refractivity contribution in [3.63, 3.8) is 0 Å². The largest absolute Gasteiger partial charge is 0.427 e. The minimum Gasteiger partial charge on any atom is -0.427 e. The third-order valence-corrected chi connectivity index (χ3v) is 4.77. The second-order valence-corrected chi connectivity index (χ2v) is 6.54. The molecule has 0 radical (unpaired) electrons. The molecule has 0 aliphatic carbocycles. The first-order valence-corrected chi connectivity index (χ1v) is 8.50. The van der Waals surface area contributed by atoms with Gasteiger partial charge in [-0.05, 0) is 30.5 Å². The van der Waals surface area contributed by atoms with E-state index in [1.807, 2.05) is 18.2 Å². The van der Waals surface area contributed by atoms with E-state index < -0.39 is 5.79 Å². The van der Waals surface area contributed by atoms with Gasteiger partial charge >= 0.3 is 5.97 Å². The third kappa shape index (κ3) is 2.57. The number of aromatic nitrogens is 1. The highest BCUT2D eigenvalue weighted by atomic mass is 79.9. The Kier molecular flexibility index (Phi) is 4.28. The molecule has 0 saturated carbocycles. The van der Waals surface area contributed by atoms with Crippen LogP contribution in [0.3, 0.4) is 0 Å². The first kappa shape index (κ1) is 15.6. The van der Waals surface area contributed by atoms with Gasteiger partial charge in [-0.25, -0.2) is 0 Å². The Bertz CT molecular complexity index is 709. The molecule has 0 fully saturated rings. The van der Waals surface area contributed by atoms with Crippen molar-refractivity contribution in [1.82, 2.24) is 4.98 Å². The summed E-state index contributed by atoms with van der Waals surface area (Å²) in [5.41, 5.74) is 3.12. The Morgan fingerprint density at radius 3 is 3.05 bits per heavy atom. The van der Waals surface area contributed by atoms with Gasteiger partial charge in [0.05, 0.1) is 12.3 Å². The number of halogens is 1. The van der Waals surface area contributed by atoms with Crippen molar-refractivity contribution >= 4 is 32.8 Å². The lowest BCUT2D eigenvalue weighted by atomic mass is 9.96. The minimum atomic E-state index is -0.978. The summed E-state index contributed by atoms with van der Waals surface area (Å²) in [6, 6.07) is 6.07. The zero-order valence-corrected chi connectivity index (χ0v) is 14.5. The van der Waals surface area contributed by atoms with E-state index in [0.29, 0.717) is 13.0 Å². The molecule has 1 N–H and O–H groups in total. The van der Waals surface area contributed by atoms with Crippen LogP contribution in [-0.2, 0) is 26.5 Å². The number of benzene rings is 1. The topological polar surface area (TPSA) is 51.3 Å². The predicted octanol–water partition coefficient (Wildman–Crippen LogP) is 4.41. The molecule has 1 aromatic heterocycles. The average Bonchev–Trinajstić information content (AvgIpc) is 2.86. The maximum atomic E-state index is 11.6. The molecule has 0 spiro atoms. The normalized spacial score (nSPS) is 20.9. The van der Waals surface area contributed by atoms with E-state index in [9.17, 15) is 4.79 Å². The summed E-state index contributed by atoms with van der Waals surface area (Å²) in [4.78, 5) is 15.1. The number of carbonyl (C=O) groups is 1. The van der Waals surface area contributed by atoms with E-state index in [2.05, 4.69) is 27.8 Å². The molecule has 5 heteroatoms. The van der Waals surface area contributed by atoms with Crippen LogP contribution in [0.15, 0.2) is 22.7 Å². The van der Waals surface area contributed by atoms with Gasteiger partial charge in [0.25, 0.3) is 5.79 Å². The molecule has 0 bridgehead atoms. The zero-order valence-electron chi connectivity index (χ0n) is 12.9. The first-order chi connectivity index (χ1) is 10.6. The van der Waals surface area contributed by atoms with Gasteiger partial charge in [0.15, 0.2) is 0 Å². The first-order valence-electron chi connectivity index (χ1n) is 7.70. The molecule has 0 saturated heterocycles. The third-order valence-electron chi connectivity index (χ3n) is 4.11. The van der Waals surface area contributed by atoms with Crippen molar-refractivity contribution in [3.8, 4) is 0 Å². The molecular weight excluding hydrogens is 346 g/mol. The zero-order chi connectivity index (χ0) is 15.7. The molecule has 3 rings (SSSR count). The van der Waals surface area contributed by atoms with Crippen molar-refractivity contribution in [3.05, 3.63) is 33.9 Å². The van der Waals surface area contributed by atoms with Gasteiger partial charge in [0.1, 0.15) is 0 Å². The number of aromatic amines is 1. The van der Waals surface area contributed by atoms with Crippen molar-refractivity contribution in [2.75, 3.05) is 6.61 Å². The predicted molar refractivity (Wildman–Crippen MR) is 88.6 cm³/mol. The fourth-order valence-corrected chi connectivity index (χ4v) is 3.81. The fourth-order valence-electron chi connectivity index (χ4n) is 3.21. The Hall–Kier alpha value is -1.33. The van der Waals surface area contributed by atoms with Crippen LogP contribution < -0.4 is 0 Å². The SMILES string of the molecule is CCCCC1(OC(C)=O)OCCc2c1[nH]c1cccc(Br)c21. The number of H-pyrrole nitrogens is 1. The van der Waals surface area contributed by atoms with Crippen molar-refractivity contribution in [2.24, 2.45) is 0 Å². The summed E-state index contributed by atoms with van der Waals surface area (Å²) < 4.78 is 12.7. The molecule has 1 aromatic carbocycles. The van der Waals surface area contributed by atoms with Crippen LogP contribution in [0, 0.1) is 0 Å². The van der Waals surface area contributed by atoms with E-state index in [1.165, 1.54) is 12.5 Å². The van der Waals surface area contributed by atoms with Crippen LogP contribution >= 0.6 is 15.9 Å². The van der Waals surface area contributed by atoms with Crippen molar-refractivity contribution in [1.29, 1.82) is 0 Å². The standard InChI is InChI=1S/C17H20BrNO3/c1-3-4-9-17(22-11(2)20)16-12(8-10-21-17)15-13(18)6-5-7-14(15)19-16/h5-7,19H,3-4,8-10H2,1-2H3. The highest BCUT2D eigenvalue weighted by molar-refractivity contribution is 9.10. The molecule has 22 heavy (non-hydrogen) atoms. The van der Waals surface area contributed by atoms with E-state index in [4.69, 9.17) is 9.47 Å². The molecule has 1 atom stereocenters. The lowest BCUT2D eigenvalue weighted by molar-refractivity contribution is -0.248. The van der Waals surface area contributed by atoms with Gasteiger partial charge < -0.3 is 14.5 Å². The summed E-state index contributed by atoms with van der Waals surface area (Å²) >= 11 is 3.63. The highest BCUT2D eigenvalue weighted by Gasteiger charge is 2.43. The lowest BCUT2D eigenvalue weighted by Crippen LogP contribution is -2.39. The lowest BCUT2D eigenvalue weighted by Gasteiger charge is -2.36. The van der Waals surface area contributed by atoms with Crippen LogP contribution in [0.5, 0.6) is 0 Å². The van der Waals surface area contributed by atoms with Crippen molar-refractivity contribution in [2.45, 2.75) is 45.3 Å².